The molecule has 0 aromatic heterocycles. The fourth-order valence-electron chi connectivity index (χ4n) is 2.86. The van der Waals surface area contributed by atoms with E-state index in [-0.39, 0.29) is 5.57 Å². The van der Waals surface area contributed by atoms with E-state index in [0.29, 0.717) is 41.5 Å². The molecular formula is C24H27N3O5. The zero-order chi connectivity index (χ0) is 23.3. The van der Waals surface area contributed by atoms with Gasteiger partial charge < -0.3 is 25.7 Å². The lowest BCUT2D eigenvalue weighted by molar-refractivity contribution is -0.135. The van der Waals surface area contributed by atoms with Gasteiger partial charge in [-0.15, -0.1) is 0 Å². The van der Waals surface area contributed by atoms with Crippen molar-refractivity contribution in [3.05, 3.63) is 59.2 Å². The number of unbranched alkanes of at least 4 members (excludes halogenated alkanes) is 3. The van der Waals surface area contributed by atoms with Crippen LogP contribution in [0.15, 0.2) is 48.0 Å². The SMILES string of the molecule is COC(=O)/C(C#N)=C/c1ccc(OCCCCCCOC(=O)c2cc(N)cc(N)c2)cc1. The molecule has 168 valence electrons. The van der Waals surface area contributed by atoms with Crippen molar-refractivity contribution in [3.8, 4) is 11.8 Å². The maximum atomic E-state index is 12.0. The van der Waals surface area contributed by atoms with Gasteiger partial charge in [-0.25, -0.2) is 9.59 Å². The zero-order valence-electron chi connectivity index (χ0n) is 18.0. The summed E-state index contributed by atoms with van der Waals surface area (Å²) in [5.41, 5.74) is 13.2. The number of esters is 2. The van der Waals surface area contributed by atoms with Crippen LogP contribution in [0.3, 0.4) is 0 Å². The first-order valence-corrected chi connectivity index (χ1v) is 10.2. The minimum Gasteiger partial charge on any atom is -0.494 e. The molecule has 0 aliphatic carbocycles. The first-order valence-electron chi connectivity index (χ1n) is 10.2. The molecule has 0 spiro atoms. The highest BCUT2D eigenvalue weighted by Gasteiger charge is 2.09. The fraction of sp³-hybridized carbons (Fsp3) is 0.292. The highest BCUT2D eigenvalue weighted by atomic mass is 16.5. The minimum atomic E-state index is -0.669. The summed E-state index contributed by atoms with van der Waals surface area (Å²) < 4.78 is 15.5. The first kappa shape index (κ1) is 24.3. The van der Waals surface area contributed by atoms with Crippen molar-refractivity contribution in [2.75, 3.05) is 31.8 Å². The van der Waals surface area contributed by atoms with Gasteiger partial charge in [0.15, 0.2) is 0 Å². The van der Waals surface area contributed by atoms with Gasteiger partial charge >= 0.3 is 11.9 Å². The molecule has 2 aromatic carbocycles. The summed E-state index contributed by atoms with van der Waals surface area (Å²) in [5.74, 6) is -0.398. The van der Waals surface area contributed by atoms with Crippen LogP contribution in [0.4, 0.5) is 11.4 Å². The van der Waals surface area contributed by atoms with Crippen molar-refractivity contribution in [2.24, 2.45) is 0 Å². The monoisotopic (exact) mass is 437 g/mol. The molecule has 8 heteroatoms. The number of hydrogen-bond acceptors (Lipinski definition) is 8. The number of carbonyl (C=O) groups is 2. The van der Waals surface area contributed by atoms with Crippen molar-refractivity contribution in [1.29, 1.82) is 5.26 Å². The van der Waals surface area contributed by atoms with Gasteiger partial charge in [0, 0.05) is 11.4 Å². The number of nitriles is 1. The predicted molar refractivity (Wildman–Crippen MR) is 122 cm³/mol. The number of benzene rings is 2. The van der Waals surface area contributed by atoms with Gasteiger partial charge in [0.2, 0.25) is 0 Å². The fourth-order valence-corrected chi connectivity index (χ4v) is 2.86. The number of ether oxygens (including phenoxy) is 3. The quantitative estimate of drug-likeness (QED) is 0.178. The van der Waals surface area contributed by atoms with E-state index >= 15 is 0 Å². The second kappa shape index (κ2) is 12.6. The molecule has 0 aliphatic rings. The van der Waals surface area contributed by atoms with Crippen LogP contribution in [-0.2, 0) is 14.3 Å². The van der Waals surface area contributed by atoms with Crippen LogP contribution >= 0.6 is 0 Å². The van der Waals surface area contributed by atoms with Crippen LogP contribution in [0, 0.1) is 11.3 Å². The second-order valence-electron chi connectivity index (χ2n) is 7.02. The molecule has 8 nitrogen and oxygen atoms in total. The summed E-state index contributed by atoms with van der Waals surface area (Å²) in [6.45, 7) is 0.892. The Balaban J connectivity index is 1.62. The number of nitrogens with zero attached hydrogens (tertiary/aromatic N) is 1. The van der Waals surface area contributed by atoms with E-state index in [4.69, 9.17) is 26.2 Å². The molecule has 0 radical (unpaired) electrons. The Morgan fingerprint density at radius 2 is 1.59 bits per heavy atom. The van der Waals surface area contributed by atoms with Crippen LogP contribution in [-0.4, -0.2) is 32.3 Å². The molecule has 4 N–H and O–H groups in total. The van der Waals surface area contributed by atoms with E-state index in [0.717, 1.165) is 25.7 Å². The van der Waals surface area contributed by atoms with Crippen molar-refractivity contribution in [3.63, 3.8) is 0 Å². The van der Waals surface area contributed by atoms with Gasteiger partial charge in [-0.05, 0) is 67.7 Å². The summed E-state index contributed by atoms with van der Waals surface area (Å²) in [7, 11) is 1.23. The van der Waals surface area contributed by atoms with E-state index in [1.54, 1.807) is 42.5 Å². The van der Waals surface area contributed by atoms with Gasteiger partial charge in [0.1, 0.15) is 17.4 Å². The van der Waals surface area contributed by atoms with Gasteiger partial charge in [-0.2, -0.15) is 5.26 Å². The van der Waals surface area contributed by atoms with Crippen molar-refractivity contribution < 1.29 is 23.8 Å². The lowest BCUT2D eigenvalue weighted by Crippen LogP contribution is -2.08. The first-order chi connectivity index (χ1) is 15.4. The van der Waals surface area contributed by atoms with E-state index in [9.17, 15) is 9.59 Å². The maximum absolute atomic E-state index is 12.0. The molecule has 0 aliphatic heterocycles. The molecule has 2 aromatic rings. The average Bonchev–Trinajstić information content (AvgIpc) is 2.78. The highest BCUT2D eigenvalue weighted by Crippen LogP contribution is 2.16. The van der Waals surface area contributed by atoms with E-state index < -0.39 is 11.9 Å². The average molecular weight is 437 g/mol. The molecule has 0 heterocycles. The van der Waals surface area contributed by atoms with Crippen molar-refractivity contribution in [1.82, 2.24) is 0 Å². The number of nitrogen functional groups attached to an aromatic ring is 2. The number of methoxy groups -OCH3 is 1. The summed E-state index contributed by atoms with van der Waals surface area (Å²) in [6.07, 6.45) is 4.93. The lowest BCUT2D eigenvalue weighted by Gasteiger charge is -2.08. The molecule has 0 fully saturated rings. The third-order valence-electron chi connectivity index (χ3n) is 4.47. The Morgan fingerprint density at radius 3 is 2.19 bits per heavy atom. The van der Waals surface area contributed by atoms with Gasteiger partial charge in [0.05, 0.1) is 25.9 Å². The zero-order valence-corrected chi connectivity index (χ0v) is 18.0. The number of carbonyl (C=O) groups excluding carboxylic acids is 2. The standard InChI is InChI=1S/C24H27N3O5/c1-30-23(28)19(16-25)12-17-6-8-22(9-7-17)31-10-4-2-3-5-11-32-24(29)18-13-20(26)15-21(27)14-18/h6-9,12-15H,2-5,10-11,26-27H2,1H3/b19-12+. The van der Waals surface area contributed by atoms with Crippen LogP contribution in [0.5, 0.6) is 5.75 Å². The lowest BCUT2D eigenvalue weighted by atomic mass is 10.1. The van der Waals surface area contributed by atoms with Gasteiger partial charge in [-0.3, -0.25) is 0 Å². The number of nitrogens with two attached hydrogens (primary N) is 2. The maximum Gasteiger partial charge on any atom is 0.348 e. The van der Waals surface area contributed by atoms with Crippen LogP contribution in [0.2, 0.25) is 0 Å². The predicted octanol–water partition coefficient (Wildman–Crippen LogP) is 3.73. The molecule has 0 saturated heterocycles. The number of rotatable bonds is 11. The van der Waals surface area contributed by atoms with Crippen molar-refractivity contribution in [2.45, 2.75) is 25.7 Å². The van der Waals surface area contributed by atoms with E-state index in [2.05, 4.69) is 4.74 Å². The van der Waals surface area contributed by atoms with E-state index in [1.165, 1.54) is 13.2 Å². The normalized spacial score (nSPS) is 10.8. The summed E-state index contributed by atoms with van der Waals surface area (Å²) in [6, 6.07) is 13.6. The molecule has 0 unspecified atom stereocenters. The molecule has 0 amide bonds. The van der Waals surface area contributed by atoms with Gasteiger partial charge in [0.25, 0.3) is 0 Å². The van der Waals surface area contributed by atoms with Crippen LogP contribution in [0.25, 0.3) is 6.08 Å². The Kier molecular flexibility index (Phi) is 9.60. The summed E-state index contributed by atoms with van der Waals surface area (Å²) in [5, 5.41) is 8.99. The van der Waals surface area contributed by atoms with Crippen molar-refractivity contribution >= 4 is 29.4 Å². The minimum absolute atomic E-state index is 0.0659. The number of anilines is 2. The Bertz CT molecular complexity index is 973. The van der Waals surface area contributed by atoms with Crippen LogP contribution in [0.1, 0.15) is 41.6 Å². The smallest absolute Gasteiger partial charge is 0.348 e. The molecular weight excluding hydrogens is 410 g/mol. The highest BCUT2D eigenvalue weighted by molar-refractivity contribution is 5.97. The molecule has 0 saturated carbocycles. The van der Waals surface area contributed by atoms with Gasteiger partial charge in [-0.1, -0.05) is 12.1 Å². The number of hydrogen-bond donors (Lipinski definition) is 2. The summed E-state index contributed by atoms with van der Waals surface area (Å²) >= 11 is 0. The largest absolute Gasteiger partial charge is 0.494 e. The third kappa shape index (κ3) is 8.03. The molecule has 0 bridgehead atoms. The Hall–Kier alpha value is -3.99. The molecule has 0 atom stereocenters. The second-order valence-corrected chi connectivity index (χ2v) is 7.02. The summed E-state index contributed by atoms with van der Waals surface area (Å²) in [4.78, 5) is 23.4. The van der Waals surface area contributed by atoms with E-state index in [1.807, 2.05) is 6.07 Å². The third-order valence-corrected chi connectivity index (χ3v) is 4.47. The molecule has 32 heavy (non-hydrogen) atoms. The Labute approximate surface area is 187 Å². The topological polar surface area (TPSA) is 138 Å². The van der Waals surface area contributed by atoms with Crippen LogP contribution < -0.4 is 16.2 Å². The molecule has 2 rings (SSSR count). The Morgan fingerprint density at radius 1 is 0.969 bits per heavy atom.